The van der Waals surface area contributed by atoms with Crippen molar-refractivity contribution >= 4 is 17.6 Å². The van der Waals surface area contributed by atoms with Gasteiger partial charge in [0.2, 0.25) is 0 Å². The maximum Gasteiger partial charge on any atom is 0.338 e. The van der Waals surface area contributed by atoms with Gasteiger partial charge in [0.05, 0.1) is 18.6 Å². The predicted octanol–water partition coefficient (Wildman–Crippen LogP) is 6.37. The molecule has 0 radical (unpaired) electrons. The average Bonchev–Trinajstić information content (AvgIpc) is 2.73. The minimum absolute atomic E-state index is 0.0639. The lowest BCUT2D eigenvalue weighted by Gasteiger charge is -2.22. The lowest BCUT2D eigenvalue weighted by molar-refractivity contribution is -0.145. The maximum absolute atomic E-state index is 12.3. The Morgan fingerprint density at radius 2 is 1.67 bits per heavy atom. The van der Waals surface area contributed by atoms with E-state index in [0.717, 1.165) is 24.4 Å². The molecule has 0 aromatic heterocycles. The third-order valence-electron chi connectivity index (χ3n) is 5.52. The van der Waals surface area contributed by atoms with Crippen LogP contribution in [0.5, 0.6) is 0 Å². The Kier molecular flexibility index (Phi) is 12.9. The first kappa shape index (κ1) is 26.0. The van der Waals surface area contributed by atoms with Gasteiger partial charge in [-0.25, -0.2) is 4.79 Å². The van der Waals surface area contributed by atoms with Crippen molar-refractivity contribution in [1.82, 2.24) is 0 Å². The van der Waals surface area contributed by atoms with E-state index in [9.17, 15) is 9.59 Å². The zero-order valence-corrected chi connectivity index (χ0v) is 19.5. The summed E-state index contributed by atoms with van der Waals surface area (Å²) in [6.07, 6.45) is 8.20. The molecule has 3 unspecified atom stereocenters. The molecule has 0 aliphatic heterocycles. The van der Waals surface area contributed by atoms with Gasteiger partial charge in [-0.15, -0.1) is 0 Å². The van der Waals surface area contributed by atoms with Crippen molar-refractivity contribution in [1.29, 1.82) is 0 Å². The number of benzene rings is 1. The Bertz CT molecular complexity index is 614. The van der Waals surface area contributed by atoms with E-state index in [4.69, 9.17) is 9.47 Å². The Labute approximate surface area is 182 Å². The van der Waals surface area contributed by atoms with Gasteiger partial charge in [0.1, 0.15) is 6.10 Å². The number of anilines is 1. The van der Waals surface area contributed by atoms with Crippen molar-refractivity contribution in [2.24, 2.45) is 5.92 Å². The molecule has 0 heterocycles. The lowest BCUT2D eigenvalue weighted by Crippen LogP contribution is -2.21. The predicted molar refractivity (Wildman–Crippen MR) is 123 cm³/mol. The van der Waals surface area contributed by atoms with Gasteiger partial charge in [-0.1, -0.05) is 46.5 Å². The smallest absolute Gasteiger partial charge is 0.338 e. The van der Waals surface area contributed by atoms with Crippen molar-refractivity contribution in [3.63, 3.8) is 0 Å². The lowest BCUT2D eigenvalue weighted by atomic mass is 9.92. The number of carbonyl (C=O) groups excluding carboxylic acids is 2. The van der Waals surface area contributed by atoms with E-state index in [1.807, 2.05) is 12.1 Å². The minimum Gasteiger partial charge on any atom is -0.466 e. The molecule has 0 aliphatic rings. The molecule has 170 valence electrons. The summed E-state index contributed by atoms with van der Waals surface area (Å²) in [5.74, 6) is 0.0320. The van der Waals surface area contributed by atoms with E-state index < -0.39 is 12.1 Å². The van der Waals surface area contributed by atoms with E-state index in [-0.39, 0.29) is 12.4 Å². The van der Waals surface area contributed by atoms with E-state index >= 15 is 0 Å². The van der Waals surface area contributed by atoms with Crippen molar-refractivity contribution in [2.45, 2.75) is 98.1 Å². The number of rotatable bonds is 15. The average molecular weight is 420 g/mol. The number of hydrogen-bond donors (Lipinski definition) is 1. The van der Waals surface area contributed by atoms with E-state index in [1.54, 1.807) is 26.0 Å². The number of ether oxygens (including phenoxy) is 2. The highest BCUT2D eigenvalue weighted by molar-refractivity contribution is 5.90. The Hall–Kier alpha value is -2.04. The molecule has 0 saturated carbocycles. The van der Waals surface area contributed by atoms with Crippen molar-refractivity contribution in [3.8, 4) is 0 Å². The van der Waals surface area contributed by atoms with Crippen molar-refractivity contribution < 1.29 is 19.1 Å². The molecule has 0 saturated heterocycles. The summed E-state index contributed by atoms with van der Waals surface area (Å²) in [4.78, 5) is 23.8. The fourth-order valence-corrected chi connectivity index (χ4v) is 3.55. The zero-order chi connectivity index (χ0) is 22.4. The molecule has 0 amide bonds. The molecule has 5 nitrogen and oxygen atoms in total. The van der Waals surface area contributed by atoms with Gasteiger partial charge in [0.15, 0.2) is 0 Å². The van der Waals surface area contributed by atoms with Crippen molar-refractivity contribution in [2.75, 3.05) is 11.9 Å². The molecule has 1 aromatic carbocycles. The molecular weight excluding hydrogens is 378 g/mol. The first-order valence-electron chi connectivity index (χ1n) is 11.7. The second-order valence-electron chi connectivity index (χ2n) is 8.05. The van der Waals surface area contributed by atoms with Gasteiger partial charge in [0, 0.05) is 11.7 Å². The van der Waals surface area contributed by atoms with E-state index in [2.05, 4.69) is 26.1 Å². The summed E-state index contributed by atoms with van der Waals surface area (Å²) in [6, 6.07) is 7.81. The summed E-state index contributed by atoms with van der Waals surface area (Å²) in [6.45, 7) is 10.5. The Balaban J connectivity index is 2.53. The summed E-state index contributed by atoms with van der Waals surface area (Å²) in [5.41, 5.74) is 1.49. The topological polar surface area (TPSA) is 64.6 Å². The van der Waals surface area contributed by atoms with Gasteiger partial charge in [-0.3, -0.25) is 4.79 Å². The normalized spacial score (nSPS) is 13.9. The van der Waals surface area contributed by atoms with Gasteiger partial charge >= 0.3 is 11.9 Å². The number of esters is 2. The van der Waals surface area contributed by atoms with E-state index in [0.29, 0.717) is 18.2 Å². The van der Waals surface area contributed by atoms with Crippen molar-refractivity contribution in [3.05, 3.63) is 29.8 Å². The van der Waals surface area contributed by atoms with Gasteiger partial charge < -0.3 is 14.8 Å². The van der Waals surface area contributed by atoms with Crippen LogP contribution in [0.25, 0.3) is 0 Å². The van der Waals surface area contributed by atoms with Crippen LogP contribution in [0.1, 0.15) is 96.3 Å². The summed E-state index contributed by atoms with van der Waals surface area (Å²) < 4.78 is 10.2. The van der Waals surface area contributed by atoms with Crippen LogP contribution in [-0.4, -0.2) is 30.7 Å². The van der Waals surface area contributed by atoms with Crippen LogP contribution in [0.15, 0.2) is 24.3 Å². The zero-order valence-electron chi connectivity index (χ0n) is 19.5. The second kappa shape index (κ2) is 14.9. The van der Waals surface area contributed by atoms with Crippen LogP contribution < -0.4 is 5.32 Å². The fraction of sp³-hybridized carbons (Fsp3) is 0.680. The summed E-state index contributed by atoms with van der Waals surface area (Å²) >= 11 is 0. The molecule has 1 rings (SSSR count). The largest absolute Gasteiger partial charge is 0.466 e. The molecule has 5 heteroatoms. The first-order chi connectivity index (χ1) is 14.4. The third-order valence-corrected chi connectivity index (χ3v) is 5.52. The number of hydrogen-bond acceptors (Lipinski definition) is 5. The van der Waals surface area contributed by atoms with Crippen LogP contribution in [0, 0.1) is 5.92 Å². The van der Waals surface area contributed by atoms with Crippen LogP contribution in [0.2, 0.25) is 0 Å². The van der Waals surface area contributed by atoms with Gasteiger partial charge in [0.25, 0.3) is 0 Å². The quantitative estimate of drug-likeness (QED) is 0.335. The summed E-state index contributed by atoms with van der Waals surface area (Å²) in [7, 11) is 0. The van der Waals surface area contributed by atoms with Crippen LogP contribution in [0.4, 0.5) is 5.69 Å². The molecule has 0 bridgehead atoms. The van der Waals surface area contributed by atoms with Gasteiger partial charge in [-0.05, 0) is 63.3 Å². The molecule has 30 heavy (non-hydrogen) atoms. The maximum atomic E-state index is 12.3. The summed E-state index contributed by atoms with van der Waals surface area (Å²) in [5, 5.41) is 3.60. The van der Waals surface area contributed by atoms with Crippen LogP contribution >= 0.6 is 0 Å². The molecule has 3 atom stereocenters. The number of unbranched alkanes of at least 4 members (excludes halogenated alkanes) is 1. The monoisotopic (exact) mass is 419 g/mol. The molecule has 0 aliphatic carbocycles. The Morgan fingerprint density at radius 3 is 2.23 bits per heavy atom. The Morgan fingerprint density at radius 1 is 0.967 bits per heavy atom. The highest BCUT2D eigenvalue weighted by Crippen LogP contribution is 2.22. The van der Waals surface area contributed by atoms with Crippen LogP contribution in [0.3, 0.4) is 0 Å². The molecule has 1 N–H and O–H groups in total. The minimum atomic E-state index is -0.516. The number of nitrogens with one attached hydrogen (secondary N) is 1. The molecule has 0 spiro atoms. The highest BCUT2D eigenvalue weighted by Gasteiger charge is 2.16. The number of carbonyl (C=O) groups is 2. The third kappa shape index (κ3) is 10.1. The molecule has 0 fully saturated rings. The highest BCUT2D eigenvalue weighted by atomic mass is 16.6. The standard InChI is InChI=1S/C25H41NO4/c1-6-10-11-20(7-2)12-15-22(8-3)26-23-16-13-21(14-17-23)25(28)30-19(5)18-24(27)29-9-4/h13-14,16-17,19-20,22,26H,6-12,15,18H2,1-5H3. The van der Waals surface area contributed by atoms with E-state index in [1.165, 1.54) is 32.1 Å². The first-order valence-corrected chi connectivity index (χ1v) is 11.7. The van der Waals surface area contributed by atoms with Crippen LogP contribution in [-0.2, 0) is 14.3 Å². The van der Waals surface area contributed by atoms with Gasteiger partial charge in [-0.2, -0.15) is 0 Å². The fourth-order valence-electron chi connectivity index (χ4n) is 3.55. The molecule has 1 aromatic rings. The second-order valence-corrected chi connectivity index (χ2v) is 8.05. The SMILES string of the molecule is CCCCC(CC)CCC(CC)Nc1ccc(C(=O)OC(C)CC(=O)OCC)cc1. The molecular formula is C25H41NO4.